The second kappa shape index (κ2) is 8.79. The van der Waals surface area contributed by atoms with Crippen molar-refractivity contribution in [3.05, 3.63) is 40.4 Å². The lowest BCUT2D eigenvalue weighted by Gasteiger charge is -2.32. The summed E-state index contributed by atoms with van der Waals surface area (Å²) in [6.45, 7) is 2.01. The standard InChI is InChI=1S/C23H26ClF2N5O3/c1-14(11-25)34-22(33)30-12-16-10-17(24)2-3-18(16)31-19(13-30)27-28-20(31)15-4-8-29(9-5-15)21(32)23(26)6-7-23/h2-3,10,14-15H,4-9,11-13H2,1H3/t14-/m0/s1. The van der Waals surface area contributed by atoms with Crippen molar-refractivity contribution in [2.75, 3.05) is 19.8 Å². The summed E-state index contributed by atoms with van der Waals surface area (Å²) in [6, 6.07) is 5.42. The molecule has 2 amide bonds. The van der Waals surface area contributed by atoms with Gasteiger partial charge in [0.25, 0.3) is 5.91 Å². The summed E-state index contributed by atoms with van der Waals surface area (Å²) in [4.78, 5) is 28.1. The maximum atomic E-state index is 14.2. The third-order valence-electron chi connectivity index (χ3n) is 6.73. The lowest BCUT2D eigenvalue weighted by atomic mass is 9.95. The Bertz CT molecular complexity index is 1110. The Kier molecular flexibility index (Phi) is 5.95. The number of piperidine rings is 1. The van der Waals surface area contributed by atoms with Crippen LogP contribution in [0.4, 0.5) is 13.6 Å². The molecule has 1 atom stereocenters. The maximum absolute atomic E-state index is 14.2. The second-order valence-electron chi connectivity index (χ2n) is 9.32. The summed E-state index contributed by atoms with van der Waals surface area (Å²) >= 11 is 6.25. The fourth-order valence-corrected chi connectivity index (χ4v) is 4.84. The molecule has 1 saturated carbocycles. The number of fused-ring (bicyclic) bond motifs is 3. The van der Waals surface area contributed by atoms with Crippen LogP contribution in [0.25, 0.3) is 5.69 Å². The number of nitrogens with zero attached hydrogens (tertiary/aromatic N) is 5. The van der Waals surface area contributed by atoms with Gasteiger partial charge in [0.05, 0.1) is 18.8 Å². The minimum atomic E-state index is -1.66. The first kappa shape index (κ1) is 23.0. The van der Waals surface area contributed by atoms with E-state index in [-0.39, 0.29) is 19.0 Å². The molecule has 1 saturated heterocycles. The molecule has 11 heteroatoms. The van der Waals surface area contributed by atoms with Crippen LogP contribution in [-0.4, -0.2) is 68.1 Å². The fourth-order valence-electron chi connectivity index (χ4n) is 4.65. The van der Waals surface area contributed by atoms with Gasteiger partial charge in [0, 0.05) is 24.0 Å². The highest BCUT2D eigenvalue weighted by atomic mass is 35.5. The number of benzene rings is 1. The van der Waals surface area contributed by atoms with Crippen molar-refractivity contribution < 1.29 is 23.1 Å². The summed E-state index contributed by atoms with van der Waals surface area (Å²) in [5.74, 6) is 0.913. The summed E-state index contributed by atoms with van der Waals surface area (Å²) in [7, 11) is 0. The van der Waals surface area contributed by atoms with Crippen LogP contribution in [0.5, 0.6) is 0 Å². The quantitative estimate of drug-likeness (QED) is 0.644. The van der Waals surface area contributed by atoms with Crippen molar-refractivity contribution in [2.45, 2.75) is 63.4 Å². The third-order valence-corrected chi connectivity index (χ3v) is 6.96. The Morgan fingerprint density at radius 3 is 2.62 bits per heavy atom. The Morgan fingerprint density at radius 1 is 1.21 bits per heavy atom. The van der Waals surface area contributed by atoms with E-state index in [4.69, 9.17) is 16.3 Å². The molecule has 1 aromatic heterocycles. The van der Waals surface area contributed by atoms with E-state index in [2.05, 4.69) is 10.2 Å². The van der Waals surface area contributed by atoms with E-state index in [0.29, 0.717) is 49.6 Å². The molecule has 0 spiro atoms. The van der Waals surface area contributed by atoms with E-state index in [1.54, 1.807) is 17.0 Å². The van der Waals surface area contributed by atoms with Gasteiger partial charge in [-0.2, -0.15) is 0 Å². The number of carbonyl (C=O) groups is 2. The van der Waals surface area contributed by atoms with Crippen LogP contribution in [0.3, 0.4) is 0 Å². The van der Waals surface area contributed by atoms with Crippen molar-refractivity contribution in [1.29, 1.82) is 0 Å². The monoisotopic (exact) mass is 493 g/mol. The number of ether oxygens (including phenoxy) is 1. The predicted molar refractivity (Wildman–Crippen MR) is 119 cm³/mol. The first-order valence-electron chi connectivity index (χ1n) is 11.5. The number of carbonyl (C=O) groups excluding carboxylic acids is 2. The predicted octanol–water partition coefficient (Wildman–Crippen LogP) is 3.94. The highest BCUT2D eigenvalue weighted by Gasteiger charge is 2.53. The molecule has 0 unspecified atom stereocenters. The smallest absolute Gasteiger partial charge is 0.410 e. The van der Waals surface area contributed by atoms with Gasteiger partial charge in [0.15, 0.2) is 11.5 Å². The molecule has 8 nitrogen and oxygen atoms in total. The molecule has 34 heavy (non-hydrogen) atoms. The first-order valence-corrected chi connectivity index (χ1v) is 11.9. The van der Waals surface area contributed by atoms with Crippen LogP contribution >= 0.6 is 11.6 Å². The van der Waals surface area contributed by atoms with E-state index in [1.165, 1.54) is 11.8 Å². The zero-order valence-electron chi connectivity index (χ0n) is 18.8. The highest BCUT2D eigenvalue weighted by Crippen LogP contribution is 2.42. The van der Waals surface area contributed by atoms with Crippen molar-refractivity contribution in [3.63, 3.8) is 0 Å². The van der Waals surface area contributed by atoms with E-state index in [0.717, 1.165) is 17.1 Å². The molecule has 0 N–H and O–H groups in total. The number of hydrogen-bond donors (Lipinski definition) is 0. The summed E-state index contributed by atoms with van der Waals surface area (Å²) in [5.41, 5.74) is -0.0559. The van der Waals surface area contributed by atoms with E-state index in [1.807, 2.05) is 10.6 Å². The number of hydrogen-bond acceptors (Lipinski definition) is 5. The van der Waals surface area contributed by atoms with Crippen molar-refractivity contribution in [2.24, 2.45) is 0 Å². The molecule has 2 aliphatic heterocycles. The second-order valence-corrected chi connectivity index (χ2v) is 9.76. The highest BCUT2D eigenvalue weighted by molar-refractivity contribution is 6.30. The largest absolute Gasteiger partial charge is 0.444 e. The van der Waals surface area contributed by atoms with Crippen LogP contribution in [0.1, 0.15) is 55.7 Å². The maximum Gasteiger partial charge on any atom is 0.410 e. The van der Waals surface area contributed by atoms with Crippen molar-refractivity contribution >= 4 is 23.6 Å². The molecule has 2 fully saturated rings. The van der Waals surface area contributed by atoms with E-state index >= 15 is 0 Å². The molecular weight excluding hydrogens is 468 g/mol. The number of aromatic nitrogens is 3. The van der Waals surface area contributed by atoms with Crippen LogP contribution in [0.15, 0.2) is 18.2 Å². The van der Waals surface area contributed by atoms with Gasteiger partial charge >= 0.3 is 6.09 Å². The molecular formula is C23H26ClF2N5O3. The molecule has 3 aliphatic rings. The number of amides is 2. The first-order chi connectivity index (χ1) is 16.3. The topological polar surface area (TPSA) is 80.6 Å². The van der Waals surface area contributed by atoms with Gasteiger partial charge in [-0.25, -0.2) is 13.6 Å². The van der Waals surface area contributed by atoms with Crippen LogP contribution in [0, 0.1) is 0 Å². The van der Waals surface area contributed by atoms with Gasteiger partial charge in [-0.3, -0.25) is 14.3 Å². The molecule has 0 bridgehead atoms. The molecule has 1 aliphatic carbocycles. The van der Waals surface area contributed by atoms with Crippen molar-refractivity contribution in [1.82, 2.24) is 24.6 Å². The summed E-state index contributed by atoms with van der Waals surface area (Å²) < 4.78 is 34.3. The van der Waals surface area contributed by atoms with Crippen molar-refractivity contribution in [3.8, 4) is 5.69 Å². The summed E-state index contributed by atoms with van der Waals surface area (Å²) in [6.07, 6.45) is 0.416. The SMILES string of the molecule is C[C@@H](CF)OC(=O)N1Cc2cc(Cl)ccc2-n2c(nnc2C2CCN(C(=O)C3(F)CC3)CC2)C1. The van der Waals surface area contributed by atoms with E-state index < -0.39 is 30.4 Å². The third kappa shape index (κ3) is 4.23. The lowest BCUT2D eigenvalue weighted by molar-refractivity contribution is -0.139. The van der Waals surface area contributed by atoms with Gasteiger partial charge in [0.1, 0.15) is 18.6 Å². The number of halogens is 3. The van der Waals surface area contributed by atoms with Crippen LogP contribution < -0.4 is 0 Å². The van der Waals surface area contributed by atoms with Gasteiger partial charge < -0.3 is 9.64 Å². The molecule has 5 rings (SSSR count). The Morgan fingerprint density at radius 2 is 1.94 bits per heavy atom. The normalized spacial score (nSPS) is 20.2. The minimum absolute atomic E-state index is 0.0219. The van der Waals surface area contributed by atoms with Gasteiger partial charge in [0.2, 0.25) is 0 Å². The summed E-state index contributed by atoms with van der Waals surface area (Å²) in [5, 5.41) is 9.34. The lowest BCUT2D eigenvalue weighted by Crippen LogP contribution is -2.43. The number of alkyl halides is 2. The van der Waals surface area contributed by atoms with Crippen LogP contribution in [-0.2, 0) is 22.6 Å². The fraction of sp³-hybridized carbons (Fsp3) is 0.565. The molecule has 1 aromatic carbocycles. The number of likely N-dealkylation sites (tertiary alicyclic amines) is 1. The zero-order chi connectivity index (χ0) is 24.0. The Labute approximate surface area is 200 Å². The Hall–Kier alpha value is -2.75. The van der Waals surface area contributed by atoms with Gasteiger partial charge in [-0.15, -0.1) is 10.2 Å². The zero-order valence-corrected chi connectivity index (χ0v) is 19.6. The molecule has 0 radical (unpaired) electrons. The van der Waals surface area contributed by atoms with Gasteiger partial charge in [-0.05, 0) is 56.4 Å². The minimum Gasteiger partial charge on any atom is -0.444 e. The average molecular weight is 494 g/mol. The van der Waals surface area contributed by atoms with Gasteiger partial charge in [-0.1, -0.05) is 11.6 Å². The molecule has 182 valence electrons. The average Bonchev–Trinajstić information content (AvgIpc) is 3.50. The molecule has 2 aromatic rings. The van der Waals surface area contributed by atoms with Crippen LogP contribution in [0.2, 0.25) is 5.02 Å². The van der Waals surface area contributed by atoms with E-state index in [9.17, 15) is 18.4 Å². The Balaban J connectivity index is 1.42. The number of rotatable bonds is 4. The molecule has 3 heterocycles.